The van der Waals surface area contributed by atoms with Crippen LogP contribution in [0.2, 0.25) is 0 Å². The molecule has 1 aromatic carbocycles. The van der Waals surface area contributed by atoms with E-state index in [-0.39, 0.29) is 11.7 Å². The summed E-state index contributed by atoms with van der Waals surface area (Å²) in [5, 5.41) is 16.9. The maximum atomic E-state index is 12.8. The Hall–Kier alpha value is -3.33. The maximum Gasteiger partial charge on any atom is 0.234 e. The molecule has 1 N–H and O–H groups in total. The van der Waals surface area contributed by atoms with Crippen LogP contribution in [-0.4, -0.2) is 36.2 Å². The molecule has 32 heavy (non-hydrogen) atoms. The molecule has 0 spiro atoms. The van der Waals surface area contributed by atoms with Crippen LogP contribution in [0, 0.1) is 19.8 Å². The number of hydrogen-bond donors (Lipinski definition) is 1. The molecule has 0 saturated carbocycles. The van der Waals surface area contributed by atoms with Gasteiger partial charge in [0.25, 0.3) is 0 Å². The number of carbonyl (C=O) groups is 1. The van der Waals surface area contributed by atoms with E-state index in [0.29, 0.717) is 22.7 Å². The zero-order chi connectivity index (χ0) is 22.7. The van der Waals surface area contributed by atoms with E-state index < -0.39 is 0 Å². The first-order valence-electron chi connectivity index (χ1n) is 10.5. The molecule has 1 amide bonds. The zero-order valence-corrected chi connectivity index (χ0v) is 19.4. The Morgan fingerprint density at radius 3 is 2.59 bits per heavy atom. The molecule has 3 heterocycles. The van der Waals surface area contributed by atoms with E-state index in [9.17, 15) is 4.79 Å². The molecule has 0 aliphatic carbocycles. The highest BCUT2D eigenvalue weighted by molar-refractivity contribution is 7.99. The molecule has 4 rings (SSSR count). The number of rotatable bonds is 8. The van der Waals surface area contributed by atoms with Gasteiger partial charge in [-0.25, -0.2) is 4.68 Å². The molecule has 8 nitrogen and oxygen atoms in total. The highest BCUT2D eigenvalue weighted by atomic mass is 32.2. The molecule has 0 fully saturated rings. The SMILES string of the molecule is Cc1nn(-c2ccccc2)c(C)c1NC(=O)CSc1nnc(-c2ccco2)n1CC(C)C. The molecule has 0 bridgehead atoms. The molecule has 0 aliphatic heterocycles. The van der Waals surface area contributed by atoms with Crippen LogP contribution < -0.4 is 5.32 Å². The summed E-state index contributed by atoms with van der Waals surface area (Å²) in [5.41, 5.74) is 3.34. The summed E-state index contributed by atoms with van der Waals surface area (Å²) in [5.74, 6) is 1.81. The number of aromatic nitrogens is 5. The molecule has 3 aromatic heterocycles. The Bertz CT molecular complexity index is 1200. The second-order valence-corrected chi connectivity index (χ2v) is 8.86. The maximum absolute atomic E-state index is 12.8. The number of para-hydroxylation sites is 1. The van der Waals surface area contributed by atoms with Crippen molar-refractivity contribution >= 4 is 23.4 Å². The van der Waals surface area contributed by atoms with E-state index in [4.69, 9.17) is 4.42 Å². The highest BCUT2D eigenvalue weighted by Gasteiger charge is 2.19. The molecule has 4 aromatic rings. The second-order valence-electron chi connectivity index (χ2n) is 7.92. The average Bonchev–Trinajstić information content (AvgIpc) is 3.49. The van der Waals surface area contributed by atoms with E-state index in [0.717, 1.165) is 29.3 Å². The normalized spacial score (nSPS) is 11.3. The minimum atomic E-state index is -0.118. The fourth-order valence-corrected chi connectivity index (χ4v) is 4.21. The van der Waals surface area contributed by atoms with Gasteiger partial charge in [-0.05, 0) is 44.0 Å². The van der Waals surface area contributed by atoms with E-state index in [1.807, 2.05) is 65.6 Å². The van der Waals surface area contributed by atoms with Crippen LogP contribution in [0.3, 0.4) is 0 Å². The van der Waals surface area contributed by atoms with E-state index in [1.54, 1.807) is 6.26 Å². The summed E-state index contributed by atoms with van der Waals surface area (Å²) < 4.78 is 9.35. The van der Waals surface area contributed by atoms with Gasteiger partial charge in [-0.2, -0.15) is 5.10 Å². The van der Waals surface area contributed by atoms with Gasteiger partial charge in [-0.1, -0.05) is 43.8 Å². The lowest BCUT2D eigenvalue weighted by atomic mass is 10.2. The predicted molar refractivity (Wildman–Crippen MR) is 125 cm³/mol. The van der Waals surface area contributed by atoms with Crippen molar-refractivity contribution in [1.82, 2.24) is 24.5 Å². The summed E-state index contributed by atoms with van der Waals surface area (Å²) in [6, 6.07) is 13.5. The second kappa shape index (κ2) is 9.44. The van der Waals surface area contributed by atoms with Gasteiger partial charge in [0.2, 0.25) is 5.91 Å². The molecule has 0 unspecified atom stereocenters. The Morgan fingerprint density at radius 1 is 1.12 bits per heavy atom. The minimum Gasteiger partial charge on any atom is -0.461 e. The summed E-state index contributed by atoms with van der Waals surface area (Å²) in [7, 11) is 0. The molecule has 0 atom stereocenters. The van der Waals surface area contributed by atoms with E-state index in [1.165, 1.54) is 11.8 Å². The summed E-state index contributed by atoms with van der Waals surface area (Å²) in [6.07, 6.45) is 1.62. The number of furan rings is 1. The number of anilines is 1. The van der Waals surface area contributed by atoms with Crippen molar-refractivity contribution in [1.29, 1.82) is 0 Å². The minimum absolute atomic E-state index is 0.118. The smallest absolute Gasteiger partial charge is 0.234 e. The summed E-state index contributed by atoms with van der Waals surface area (Å²) in [4.78, 5) is 12.8. The number of carbonyl (C=O) groups excluding carboxylic acids is 1. The van der Waals surface area contributed by atoms with Crippen molar-refractivity contribution in [2.24, 2.45) is 5.92 Å². The Balaban J connectivity index is 1.48. The summed E-state index contributed by atoms with van der Waals surface area (Å²) in [6.45, 7) is 8.83. The molecular weight excluding hydrogens is 424 g/mol. The lowest BCUT2D eigenvalue weighted by Gasteiger charge is -2.11. The van der Waals surface area contributed by atoms with Crippen LogP contribution in [0.25, 0.3) is 17.3 Å². The third-order valence-corrected chi connectivity index (χ3v) is 5.86. The van der Waals surface area contributed by atoms with Crippen LogP contribution in [0.5, 0.6) is 0 Å². The molecule has 0 radical (unpaired) electrons. The van der Waals surface area contributed by atoms with Crippen molar-refractivity contribution < 1.29 is 9.21 Å². The van der Waals surface area contributed by atoms with E-state index in [2.05, 4.69) is 34.5 Å². The average molecular weight is 451 g/mol. The number of aryl methyl sites for hydroxylation is 1. The molecule has 0 saturated heterocycles. The molecule has 0 aliphatic rings. The van der Waals surface area contributed by atoms with Gasteiger partial charge in [0, 0.05) is 6.54 Å². The van der Waals surface area contributed by atoms with Crippen molar-refractivity contribution in [3.8, 4) is 17.3 Å². The lowest BCUT2D eigenvalue weighted by molar-refractivity contribution is -0.113. The number of amides is 1. The van der Waals surface area contributed by atoms with Gasteiger partial charge < -0.3 is 9.73 Å². The van der Waals surface area contributed by atoms with E-state index >= 15 is 0 Å². The third kappa shape index (κ3) is 4.62. The number of hydrogen-bond acceptors (Lipinski definition) is 6. The highest BCUT2D eigenvalue weighted by Crippen LogP contribution is 2.27. The van der Waals surface area contributed by atoms with Crippen LogP contribution >= 0.6 is 11.8 Å². The molecular formula is C23H26N6O2S. The van der Waals surface area contributed by atoms with Crippen molar-refractivity contribution in [2.45, 2.75) is 39.4 Å². The number of thioether (sulfide) groups is 1. The van der Waals surface area contributed by atoms with Gasteiger partial charge in [0.05, 0.1) is 34.8 Å². The quantitative estimate of drug-likeness (QED) is 0.390. The standard InChI is InChI=1S/C23H26N6O2S/c1-15(2)13-28-22(19-11-8-12-31-19)25-26-23(28)32-14-20(30)24-21-16(3)27-29(17(21)4)18-9-6-5-7-10-18/h5-12,15H,13-14H2,1-4H3,(H,24,30). The Morgan fingerprint density at radius 2 is 1.91 bits per heavy atom. The van der Waals surface area contributed by atoms with Gasteiger partial charge in [-0.3, -0.25) is 9.36 Å². The first-order chi connectivity index (χ1) is 15.4. The third-order valence-electron chi connectivity index (χ3n) is 4.89. The Labute approximate surface area is 191 Å². The summed E-state index contributed by atoms with van der Waals surface area (Å²) >= 11 is 1.36. The van der Waals surface area contributed by atoms with Crippen molar-refractivity contribution in [2.75, 3.05) is 11.1 Å². The largest absolute Gasteiger partial charge is 0.461 e. The fraction of sp³-hybridized carbons (Fsp3) is 0.304. The van der Waals surface area contributed by atoms with Crippen LogP contribution in [0.4, 0.5) is 5.69 Å². The molecule has 9 heteroatoms. The van der Waals surface area contributed by atoms with Crippen LogP contribution in [-0.2, 0) is 11.3 Å². The fourth-order valence-electron chi connectivity index (χ4n) is 3.46. The predicted octanol–water partition coefficient (Wildman–Crippen LogP) is 4.73. The first kappa shape index (κ1) is 21.9. The van der Waals surface area contributed by atoms with Gasteiger partial charge >= 0.3 is 0 Å². The molecule has 166 valence electrons. The van der Waals surface area contributed by atoms with Crippen LogP contribution in [0.1, 0.15) is 25.2 Å². The van der Waals surface area contributed by atoms with Crippen molar-refractivity contribution in [3.63, 3.8) is 0 Å². The topological polar surface area (TPSA) is 90.8 Å². The van der Waals surface area contributed by atoms with Gasteiger partial charge in [-0.15, -0.1) is 10.2 Å². The number of nitrogens with zero attached hydrogens (tertiary/aromatic N) is 5. The van der Waals surface area contributed by atoms with Gasteiger partial charge in [0.1, 0.15) is 0 Å². The first-order valence-corrected chi connectivity index (χ1v) is 11.4. The lowest BCUT2D eigenvalue weighted by Crippen LogP contribution is -2.16. The monoisotopic (exact) mass is 450 g/mol. The zero-order valence-electron chi connectivity index (χ0n) is 18.6. The van der Waals surface area contributed by atoms with Crippen molar-refractivity contribution in [3.05, 3.63) is 60.1 Å². The van der Waals surface area contributed by atoms with Crippen LogP contribution in [0.15, 0.2) is 58.3 Å². The van der Waals surface area contributed by atoms with Gasteiger partial charge in [0.15, 0.2) is 16.7 Å². The number of benzene rings is 1. The Kier molecular flexibility index (Phi) is 6.45. The number of nitrogens with one attached hydrogen (secondary N) is 1.